The Kier molecular flexibility index (Phi) is 5.99. The van der Waals surface area contributed by atoms with Crippen LogP contribution in [0.1, 0.15) is 65.5 Å². The van der Waals surface area contributed by atoms with E-state index in [1.54, 1.807) is 7.11 Å². The average molecular weight is 443 g/mol. The molecule has 0 saturated carbocycles. The van der Waals surface area contributed by atoms with Gasteiger partial charge in [0.1, 0.15) is 11.6 Å². The minimum absolute atomic E-state index is 0.0281. The summed E-state index contributed by atoms with van der Waals surface area (Å²) in [5.74, 6) is 1.82. The molecular formula is C27H30N4O2. The molecule has 6 heteroatoms. The van der Waals surface area contributed by atoms with Gasteiger partial charge in [-0.1, -0.05) is 42.5 Å². The Balaban J connectivity index is 1.44. The zero-order chi connectivity index (χ0) is 22.8. The van der Waals surface area contributed by atoms with E-state index >= 15 is 0 Å². The van der Waals surface area contributed by atoms with Crippen molar-refractivity contribution in [3.63, 3.8) is 0 Å². The number of ether oxygens (including phenoxy) is 1. The second kappa shape index (κ2) is 9.22. The Morgan fingerprint density at radius 1 is 1.09 bits per heavy atom. The van der Waals surface area contributed by atoms with Gasteiger partial charge in [-0.3, -0.25) is 0 Å². The molecule has 2 amide bonds. The zero-order valence-corrected chi connectivity index (χ0v) is 19.2. The van der Waals surface area contributed by atoms with Crippen LogP contribution in [-0.4, -0.2) is 34.6 Å². The fourth-order valence-corrected chi connectivity index (χ4v) is 5.34. The van der Waals surface area contributed by atoms with Crippen LogP contribution < -0.4 is 10.1 Å². The van der Waals surface area contributed by atoms with Crippen LogP contribution in [0.3, 0.4) is 0 Å². The maximum Gasteiger partial charge on any atom is 0.318 e. The maximum atomic E-state index is 13.6. The second-order valence-electron chi connectivity index (χ2n) is 8.93. The van der Waals surface area contributed by atoms with E-state index in [9.17, 15) is 4.79 Å². The lowest BCUT2D eigenvalue weighted by Crippen LogP contribution is -2.42. The van der Waals surface area contributed by atoms with Crippen LogP contribution >= 0.6 is 0 Å². The zero-order valence-electron chi connectivity index (χ0n) is 19.2. The topological polar surface area (TPSA) is 67.3 Å². The number of hydrogen-bond donors (Lipinski definition) is 1. The first-order valence-corrected chi connectivity index (χ1v) is 11.7. The number of nitrogens with one attached hydrogen (secondary N) is 1. The van der Waals surface area contributed by atoms with Gasteiger partial charge in [0.25, 0.3) is 0 Å². The highest BCUT2D eigenvalue weighted by molar-refractivity contribution is 5.76. The van der Waals surface area contributed by atoms with E-state index in [1.165, 1.54) is 5.56 Å². The largest absolute Gasteiger partial charge is 0.497 e. The minimum atomic E-state index is -0.0557. The van der Waals surface area contributed by atoms with Crippen molar-refractivity contribution in [2.45, 2.75) is 50.6 Å². The molecule has 1 aliphatic heterocycles. The standard InChI is InChI=1S/C27H30N4O2/c1-18-28-17-23-24(29-18)12-7-13-25(23)30-27(32)31-15-14-22(19-8-4-3-5-9-19)26(31)20-10-6-11-21(16-20)33-2/h3-6,8-11,16-17,22,25-26H,7,12-15H2,1-2H3,(H,30,32). The fourth-order valence-electron chi connectivity index (χ4n) is 5.34. The molecule has 1 N–H and O–H groups in total. The molecular weight excluding hydrogens is 412 g/mol. The number of likely N-dealkylation sites (tertiary alicyclic amines) is 1. The Morgan fingerprint density at radius 2 is 1.91 bits per heavy atom. The summed E-state index contributed by atoms with van der Waals surface area (Å²) in [6.07, 6.45) is 5.67. The Morgan fingerprint density at radius 3 is 2.73 bits per heavy atom. The Bertz CT molecular complexity index is 1130. The van der Waals surface area contributed by atoms with Crippen molar-refractivity contribution >= 4 is 6.03 Å². The monoisotopic (exact) mass is 442 g/mol. The van der Waals surface area contributed by atoms with Crippen molar-refractivity contribution in [1.82, 2.24) is 20.2 Å². The SMILES string of the molecule is COc1cccc(C2C(c3ccccc3)CCN2C(=O)NC2CCCc3nc(C)ncc32)c1. The third-order valence-electron chi connectivity index (χ3n) is 6.92. The highest BCUT2D eigenvalue weighted by Gasteiger charge is 2.40. The molecule has 5 rings (SSSR count). The molecule has 170 valence electrons. The van der Waals surface area contributed by atoms with E-state index < -0.39 is 0 Å². The van der Waals surface area contributed by atoms with Gasteiger partial charge in [0.15, 0.2) is 0 Å². The molecule has 3 aromatic rings. The van der Waals surface area contributed by atoms with E-state index in [4.69, 9.17) is 4.74 Å². The number of carbonyl (C=O) groups excluding carboxylic acids is 1. The van der Waals surface area contributed by atoms with Gasteiger partial charge in [-0.05, 0) is 55.9 Å². The van der Waals surface area contributed by atoms with Crippen LogP contribution in [-0.2, 0) is 6.42 Å². The molecule has 0 spiro atoms. The minimum Gasteiger partial charge on any atom is -0.497 e. The predicted molar refractivity (Wildman–Crippen MR) is 127 cm³/mol. The van der Waals surface area contributed by atoms with Crippen LogP contribution in [0.15, 0.2) is 60.8 Å². The second-order valence-corrected chi connectivity index (χ2v) is 8.93. The summed E-state index contributed by atoms with van der Waals surface area (Å²) in [6.45, 7) is 2.62. The molecule has 1 aromatic heterocycles. The van der Waals surface area contributed by atoms with Crippen LogP contribution in [0.2, 0.25) is 0 Å². The van der Waals surface area contributed by atoms with E-state index in [-0.39, 0.29) is 24.0 Å². The molecule has 1 aliphatic carbocycles. The number of aryl methyl sites for hydroxylation is 2. The maximum absolute atomic E-state index is 13.6. The van der Waals surface area contributed by atoms with Gasteiger partial charge in [0.05, 0.1) is 19.2 Å². The fraction of sp³-hybridized carbons (Fsp3) is 0.370. The van der Waals surface area contributed by atoms with Gasteiger partial charge in [0.2, 0.25) is 0 Å². The lowest BCUT2D eigenvalue weighted by atomic mass is 9.87. The van der Waals surface area contributed by atoms with Crippen LogP contribution in [0, 0.1) is 6.92 Å². The van der Waals surface area contributed by atoms with Gasteiger partial charge in [-0.25, -0.2) is 14.8 Å². The number of nitrogens with zero attached hydrogens (tertiary/aromatic N) is 3. The first-order valence-electron chi connectivity index (χ1n) is 11.7. The van der Waals surface area contributed by atoms with Gasteiger partial charge < -0.3 is 15.0 Å². The van der Waals surface area contributed by atoms with Gasteiger partial charge in [-0.2, -0.15) is 0 Å². The number of rotatable bonds is 4. The number of amides is 2. The highest BCUT2D eigenvalue weighted by Crippen LogP contribution is 2.44. The predicted octanol–water partition coefficient (Wildman–Crippen LogP) is 5.11. The summed E-state index contributed by atoms with van der Waals surface area (Å²) in [6, 6.07) is 18.5. The first kappa shape index (κ1) is 21.4. The van der Waals surface area contributed by atoms with Crippen molar-refractivity contribution in [2.75, 3.05) is 13.7 Å². The number of methoxy groups -OCH3 is 1. The van der Waals surface area contributed by atoms with Crippen molar-refractivity contribution in [3.8, 4) is 5.75 Å². The van der Waals surface area contributed by atoms with Crippen LogP contribution in [0.4, 0.5) is 4.79 Å². The van der Waals surface area contributed by atoms with E-state index in [2.05, 4.69) is 51.7 Å². The Hall–Kier alpha value is -3.41. The van der Waals surface area contributed by atoms with Crippen molar-refractivity contribution in [3.05, 3.63) is 89.0 Å². The molecule has 33 heavy (non-hydrogen) atoms. The van der Waals surface area contributed by atoms with Crippen LogP contribution in [0.25, 0.3) is 0 Å². The summed E-state index contributed by atoms with van der Waals surface area (Å²) in [5.41, 5.74) is 4.47. The van der Waals surface area contributed by atoms with Crippen molar-refractivity contribution in [2.24, 2.45) is 0 Å². The van der Waals surface area contributed by atoms with Crippen molar-refractivity contribution in [1.29, 1.82) is 0 Å². The molecule has 2 aliphatic rings. The smallest absolute Gasteiger partial charge is 0.318 e. The number of fused-ring (bicyclic) bond motifs is 1. The molecule has 1 fully saturated rings. The van der Waals surface area contributed by atoms with Gasteiger partial charge >= 0.3 is 6.03 Å². The quantitative estimate of drug-likeness (QED) is 0.610. The third kappa shape index (κ3) is 4.30. The molecule has 3 atom stereocenters. The summed E-state index contributed by atoms with van der Waals surface area (Å²) < 4.78 is 5.49. The number of benzene rings is 2. The lowest BCUT2D eigenvalue weighted by molar-refractivity contribution is 0.185. The summed E-state index contributed by atoms with van der Waals surface area (Å²) in [5, 5.41) is 3.31. The first-order chi connectivity index (χ1) is 16.1. The summed E-state index contributed by atoms with van der Waals surface area (Å²) in [7, 11) is 1.68. The molecule has 3 unspecified atom stereocenters. The van der Waals surface area contributed by atoms with Crippen LogP contribution in [0.5, 0.6) is 5.75 Å². The van der Waals surface area contributed by atoms with Crippen molar-refractivity contribution < 1.29 is 9.53 Å². The number of hydrogen-bond acceptors (Lipinski definition) is 4. The van der Waals surface area contributed by atoms with Gasteiger partial charge in [-0.15, -0.1) is 0 Å². The number of urea groups is 1. The number of aromatic nitrogens is 2. The number of carbonyl (C=O) groups is 1. The van der Waals surface area contributed by atoms with E-state index in [0.29, 0.717) is 6.54 Å². The highest BCUT2D eigenvalue weighted by atomic mass is 16.5. The van der Waals surface area contributed by atoms with E-state index in [0.717, 1.165) is 54.1 Å². The molecule has 0 bridgehead atoms. The Labute approximate surface area is 195 Å². The molecule has 6 nitrogen and oxygen atoms in total. The molecule has 2 aromatic carbocycles. The lowest BCUT2D eigenvalue weighted by Gasteiger charge is -2.32. The molecule has 0 radical (unpaired) electrons. The van der Waals surface area contributed by atoms with E-state index in [1.807, 2.05) is 36.2 Å². The third-order valence-corrected chi connectivity index (χ3v) is 6.92. The van der Waals surface area contributed by atoms with Gasteiger partial charge in [0, 0.05) is 29.9 Å². The summed E-state index contributed by atoms with van der Waals surface area (Å²) >= 11 is 0. The normalized spacial score (nSPS) is 22.0. The summed E-state index contributed by atoms with van der Waals surface area (Å²) in [4.78, 5) is 24.6. The molecule has 2 heterocycles. The average Bonchev–Trinajstić information content (AvgIpc) is 3.30. The molecule has 1 saturated heterocycles.